The smallest absolute Gasteiger partial charge is 0.152 e. The van der Waals surface area contributed by atoms with Crippen molar-refractivity contribution < 1.29 is 8.78 Å². The Labute approximate surface area is 180 Å². The number of hydrogen-bond acceptors (Lipinski definition) is 4. The fraction of sp³-hybridized carbons (Fsp3) is 0.136. The standard InChI is InChI=1S/C22H16BrF2N5/c1-3-30-22(17-10-15(23)11-18(25)21(17)28-30)29(2)19-9-6-14(12-26)20(27-19)13-4-7-16(24)8-5-13/h4-11H,3H2,1-2H3. The number of fused-ring (bicyclic) bond motifs is 1. The molecule has 0 N–H and O–H groups in total. The molecule has 4 rings (SSSR count). The topological polar surface area (TPSA) is 57.7 Å². The zero-order valence-electron chi connectivity index (χ0n) is 16.2. The van der Waals surface area contributed by atoms with Crippen LogP contribution in [-0.4, -0.2) is 21.8 Å². The second kappa shape index (κ2) is 7.84. The van der Waals surface area contributed by atoms with Gasteiger partial charge in [0.05, 0.1) is 11.3 Å². The molecule has 0 fully saturated rings. The molecule has 30 heavy (non-hydrogen) atoms. The minimum absolute atomic E-state index is 0.273. The lowest BCUT2D eigenvalue weighted by Crippen LogP contribution is -2.16. The van der Waals surface area contributed by atoms with Crippen LogP contribution in [0.4, 0.5) is 20.4 Å². The maximum absolute atomic E-state index is 14.5. The second-order valence-electron chi connectivity index (χ2n) is 6.67. The molecule has 8 heteroatoms. The van der Waals surface area contributed by atoms with E-state index >= 15 is 0 Å². The largest absolute Gasteiger partial charge is 0.314 e. The summed E-state index contributed by atoms with van der Waals surface area (Å²) in [6.45, 7) is 2.46. The summed E-state index contributed by atoms with van der Waals surface area (Å²) in [5.41, 5.74) is 1.72. The minimum atomic E-state index is -0.416. The normalized spacial score (nSPS) is 10.9. The summed E-state index contributed by atoms with van der Waals surface area (Å²) in [5.74, 6) is 0.442. The lowest BCUT2D eigenvalue weighted by atomic mass is 10.1. The van der Waals surface area contributed by atoms with Crippen LogP contribution in [0.5, 0.6) is 0 Å². The summed E-state index contributed by atoms with van der Waals surface area (Å²) in [5, 5.41) is 14.5. The summed E-state index contributed by atoms with van der Waals surface area (Å²) in [4.78, 5) is 6.47. The SMILES string of the molecule is CCn1nc2c(F)cc(Br)cc2c1N(C)c1ccc(C#N)c(-c2ccc(F)cc2)n1. The van der Waals surface area contributed by atoms with Crippen LogP contribution in [0.2, 0.25) is 0 Å². The first kappa shape index (κ1) is 20.0. The van der Waals surface area contributed by atoms with E-state index in [-0.39, 0.29) is 11.3 Å². The van der Waals surface area contributed by atoms with Gasteiger partial charge in [-0.15, -0.1) is 0 Å². The number of anilines is 2. The van der Waals surface area contributed by atoms with Crippen LogP contribution >= 0.6 is 15.9 Å². The van der Waals surface area contributed by atoms with Crippen molar-refractivity contribution in [3.05, 3.63) is 70.2 Å². The molecule has 0 bridgehead atoms. The summed E-state index contributed by atoms with van der Waals surface area (Å²) >= 11 is 3.34. The Morgan fingerprint density at radius 3 is 2.53 bits per heavy atom. The van der Waals surface area contributed by atoms with E-state index in [1.165, 1.54) is 18.2 Å². The van der Waals surface area contributed by atoms with Crippen molar-refractivity contribution in [2.75, 3.05) is 11.9 Å². The monoisotopic (exact) mass is 467 g/mol. The molecule has 0 aliphatic rings. The van der Waals surface area contributed by atoms with Crippen LogP contribution in [0.1, 0.15) is 12.5 Å². The molecule has 0 atom stereocenters. The molecule has 5 nitrogen and oxygen atoms in total. The van der Waals surface area contributed by atoms with E-state index in [1.54, 1.807) is 33.8 Å². The zero-order valence-corrected chi connectivity index (χ0v) is 17.8. The second-order valence-corrected chi connectivity index (χ2v) is 7.58. The molecular formula is C22H16BrF2N5. The number of benzene rings is 2. The molecular weight excluding hydrogens is 452 g/mol. The van der Waals surface area contributed by atoms with E-state index < -0.39 is 5.82 Å². The van der Waals surface area contributed by atoms with E-state index in [0.717, 1.165) is 0 Å². The number of nitriles is 1. The quantitative estimate of drug-likeness (QED) is 0.380. The first-order valence-electron chi connectivity index (χ1n) is 9.19. The molecule has 4 aromatic rings. The average molecular weight is 468 g/mol. The molecule has 0 saturated carbocycles. The van der Waals surface area contributed by atoms with Crippen LogP contribution in [0.25, 0.3) is 22.2 Å². The van der Waals surface area contributed by atoms with Gasteiger partial charge in [0.15, 0.2) is 5.82 Å². The Morgan fingerprint density at radius 2 is 1.87 bits per heavy atom. The van der Waals surface area contributed by atoms with Gasteiger partial charge in [-0.25, -0.2) is 18.4 Å². The minimum Gasteiger partial charge on any atom is -0.314 e. The number of halogens is 3. The molecule has 0 saturated heterocycles. The lowest BCUT2D eigenvalue weighted by molar-refractivity contribution is 0.622. The average Bonchev–Trinajstić information content (AvgIpc) is 3.12. The molecule has 2 heterocycles. The molecule has 150 valence electrons. The van der Waals surface area contributed by atoms with Crippen molar-refractivity contribution in [1.82, 2.24) is 14.8 Å². The highest BCUT2D eigenvalue weighted by molar-refractivity contribution is 9.10. The summed E-state index contributed by atoms with van der Waals surface area (Å²) in [6.07, 6.45) is 0. The summed E-state index contributed by atoms with van der Waals surface area (Å²) < 4.78 is 30.1. The number of aryl methyl sites for hydroxylation is 1. The lowest BCUT2D eigenvalue weighted by Gasteiger charge is -2.21. The van der Waals surface area contributed by atoms with Gasteiger partial charge in [-0.1, -0.05) is 15.9 Å². The van der Waals surface area contributed by atoms with Gasteiger partial charge >= 0.3 is 0 Å². The number of nitrogens with zero attached hydrogens (tertiary/aromatic N) is 5. The molecule has 0 aliphatic heterocycles. The van der Waals surface area contributed by atoms with Gasteiger partial charge in [0.2, 0.25) is 0 Å². The van der Waals surface area contributed by atoms with E-state index in [1.807, 2.05) is 20.0 Å². The van der Waals surface area contributed by atoms with Gasteiger partial charge in [-0.05, 0) is 55.5 Å². The fourth-order valence-electron chi connectivity index (χ4n) is 3.38. The maximum atomic E-state index is 14.5. The third-order valence-corrected chi connectivity index (χ3v) is 5.27. The number of aromatic nitrogens is 3. The van der Waals surface area contributed by atoms with Crippen molar-refractivity contribution in [3.8, 4) is 17.3 Å². The summed E-state index contributed by atoms with van der Waals surface area (Å²) in [7, 11) is 1.81. The predicted molar refractivity (Wildman–Crippen MR) is 115 cm³/mol. The number of pyridine rings is 1. The van der Waals surface area contributed by atoms with Gasteiger partial charge in [-0.3, -0.25) is 0 Å². The molecule has 0 unspecified atom stereocenters. The van der Waals surface area contributed by atoms with Gasteiger partial charge < -0.3 is 4.90 Å². The van der Waals surface area contributed by atoms with Crippen molar-refractivity contribution in [3.63, 3.8) is 0 Å². The first-order valence-corrected chi connectivity index (χ1v) is 9.98. The van der Waals surface area contributed by atoms with E-state index in [4.69, 9.17) is 0 Å². The highest BCUT2D eigenvalue weighted by Gasteiger charge is 2.20. The van der Waals surface area contributed by atoms with Crippen LogP contribution in [0, 0.1) is 23.0 Å². The maximum Gasteiger partial charge on any atom is 0.152 e. The van der Waals surface area contributed by atoms with Crippen LogP contribution < -0.4 is 4.90 Å². The molecule has 0 radical (unpaired) electrons. The van der Waals surface area contributed by atoms with E-state index in [2.05, 4.69) is 32.1 Å². The third kappa shape index (κ3) is 3.42. The number of rotatable bonds is 4. The molecule has 0 amide bonds. The Hall–Kier alpha value is -3.31. The third-order valence-electron chi connectivity index (χ3n) is 4.81. The van der Waals surface area contributed by atoms with E-state index in [0.29, 0.717) is 44.9 Å². The highest BCUT2D eigenvalue weighted by atomic mass is 79.9. The molecule has 0 spiro atoms. The van der Waals surface area contributed by atoms with Crippen molar-refractivity contribution in [1.29, 1.82) is 5.26 Å². The van der Waals surface area contributed by atoms with Crippen molar-refractivity contribution in [2.24, 2.45) is 0 Å². The Kier molecular flexibility index (Phi) is 5.22. The Balaban J connectivity index is 1.89. The van der Waals surface area contributed by atoms with Gasteiger partial charge in [0, 0.05) is 29.0 Å². The van der Waals surface area contributed by atoms with Crippen molar-refractivity contribution >= 4 is 38.5 Å². The summed E-state index contributed by atoms with van der Waals surface area (Å²) in [6, 6.07) is 14.5. The predicted octanol–water partition coefficient (Wildman–Crippen LogP) is 5.80. The van der Waals surface area contributed by atoms with Crippen molar-refractivity contribution in [2.45, 2.75) is 13.5 Å². The number of hydrogen-bond donors (Lipinski definition) is 0. The molecule has 2 aromatic carbocycles. The highest BCUT2D eigenvalue weighted by Crippen LogP contribution is 2.35. The molecule has 2 aromatic heterocycles. The Morgan fingerprint density at radius 1 is 1.13 bits per heavy atom. The van der Waals surface area contributed by atoms with Crippen LogP contribution in [-0.2, 0) is 6.54 Å². The van der Waals surface area contributed by atoms with Gasteiger partial charge in [0.25, 0.3) is 0 Å². The Bertz CT molecular complexity index is 1290. The zero-order chi connectivity index (χ0) is 21.4. The van der Waals surface area contributed by atoms with Crippen LogP contribution in [0.3, 0.4) is 0 Å². The van der Waals surface area contributed by atoms with Crippen LogP contribution in [0.15, 0.2) is 53.0 Å². The van der Waals surface area contributed by atoms with E-state index in [9.17, 15) is 14.0 Å². The van der Waals surface area contributed by atoms with Gasteiger partial charge in [-0.2, -0.15) is 10.4 Å². The molecule has 0 aliphatic carbocycles. The van der Waals surface area contributed by atoms with Gasteiger partial charge in [0.1, 0.15) is 29.0 Å². The first-order chi connectivity index (χ1) is 14.4. The fourth-order valence-corrected chi connectivity index (χ4v) is 3.81.